The third kappa shape index (κ3) is 3.42. The maximum Gasteiger partial charge on any atom is 0.205 e. The van der Waals surface area contributed by atoms with Crippen LogP contribution in [0, 0.1) is 18.3 Å². The Bertz CT molecular complexity index is 1140. The number of rotatable bonds is 4. The quantitative estimate of drug-likeness (QED) is 0.802. The molecule has 1 aliphatic carbocycles. The van der Waals surface area contributed by atoms with Crippen molar-refractivity contribution in [2.75, 3.05) is 14.2 Å². The molecule has 0 aromatic heterocycles. The minimum Gasteiger partial charge on any atom is -0.496 e. The molecule has 158 valence electrons. The van der Waals surface area contributed by atoms with Crippen LogP contribution >= 0.6 is 0 Å². The van der Waals surface area contributed by atoms with Gasteiger partial charge < -0.3 is 19.9 Å². The summed E-state index contributed by atoms with van der Waals surface area (Å²) in [4.78, 5) is 13.4. The lowest BCUT2D eigenvalue weighted by Gasteiger charge is -2.34. The van der Waals surface area contributed by atoms with E-state index in [9.17, 15) is 10.1 Å². The summed E-state index contributed by atoms with van der Waals surface area (Å²) in [6.07, 6.45) is 0.886. The van der Waals surface area contributed by atoms with Crippen molar-refractivity contribution in [1.82, 2.24) is 0 Å². The fourth-order valence-corrected chi connectivity index (χ4v) is 4.59. The van der Waals surface area contributed by atoms with Gasteiger partial charge in [-0.15, -0.1) is 0 Å². The Morgan fingerprint density at radius 3 is 2.48 bits per heavy atom. The number of nitrogens with two attached hydrogens (primary N) is 1. The van der Waals surface area contributed by atoms with Gasteiger partial charge in [-0.1, -0.05) is 36.4 Å². The highest BCUT2D eigenvalue weighted by Crippen LogP contribution is 2.49. The maximum atomic E-state index is 13.4. The largest absolute Gasteiger partial charge is 0.496 e. The van der Waals surface area contributed by atoms with Gasteiger partial charge in [0, 0.05) is 29.5 Å². The van der Waals surface area contributed by atoms with Gasteiger partial charge in [-0.05, 0) is 24.5 Å². The predicted octanol–water partition coefficient (Wildman–Crippen LogP) is 4.22. The highest BCUT2D eigenvalue weighted by atomic mass is 16.5. The number of methoxy groups -OCH3 is 2. The van der Waals surface area contributed by atoms with Crippen LogP contribution in [-0.4, -0.2) is 20.0 Å². The number of carbonyl (C=O) groups is 1. The number of Topliss-reactive ketones (excluding diaryl/α,β-unsaturated/α-hetero) is 1. The van der Waals surface area contributed by atoms with Crippen molar-refractivity contribution in [2.24, 2.45) is 5.73 Å². The molecule has 2 aromatic rings. The smallest absolute Gasteiger partial charge is 0.205 e. The first-order chi connectivity index (χ1) is 15.0. The van der Waals surface area contributed by atoms with Crippen molar-refractivity contribution in [3.05, 3.63) is 81.9 Å². The molecule has 0 amide bonds. The van der Waals surface area contributed by atoms with E-state index in [2.05, 4.69) is 6.07 Å². The van der Waals surface area contributed by atoms with E-state index in [1.54, 1.807) is 14.2 Å². The molecule has 0 spiro atoms. The number of carbonyl (C=O) groups excluding carboxylic acids is 1. The minimum atomic E-state index is -0.641. The topological polar surface area (TPSA) is 94.6 Å². The molecule has 0 radical (unpaired) electrons. The molecule has 1 heterocycles. The van der Waals surface area contributed by atoms with Gasteiger partial charge in [0.1, 0.15) is 28.9 Å². The van der Waals surface area contributed by atoms with Crippen LogP contribution in [0.4, 0.5) is 0 Å². The van der Waals surface area contributed by atoms with Crippen LogP contribution in [0.15, 0.2) is 65.3 Å². The third-order valence-corrected chi connectivity index (χ3v) is 6.05. The third-order valence-electron chi connectivity index (χ3n) is 6.05. The molecular formula is C25H24N2O4. The van der Waals surface area contributed by atoms with Crippen molar-refractivity contribution in [2.45, 2.75) is 31.6 Å². The number of nitrogens with zero attached hydrogens (tertiary/aromatic N) is 1. The molecular weight excluding hydrogens is 392 g/mol. The van der Waals surface area contributed by atoms with E-state index in [1.165, 1.54) is 0 Å². The zero-order valence-electron chi connectivity index (χ0n) is 17.8. The molecule has 2 atom stereocenters. The fraction of sp³-hybridized carbons (Fsp3) is 0.280. The molecule has 0 saturated heterocycles. The van der Waals surface area contributed by atoms with Gasteiger partial charge in [-0.2, -0.15) is 5.26 Å². The highest BCUT2D eigenvalue weighted by molar-refractivity contribution is 6.00. The lowest BCUT2D eigenvalue weighted by Crippen LogP contribution is -2.30. The summed E-state index contributed by atoms with van der Waals surface area (Å²) in [6, 6.07) is 15.7. The lowest BCUT2D eigenvalue weighted by atomic mass is 9.73. The molecule has 2 aromatic carbocycles. The molecule has 0 bridgehead atoms. The summed E-state index contributed by atoms with van der Waals surface area (Å²) in [7, 11) is 3.15. The van der Waals surface area contributed by atoms with Crippen LogP contribution in [0.3, 0.4) is 0 Å². The van der Waals surface area contributed by atoms with Gasteiger partial charge in [0.2, 0.25) is 5.88 Å². The Morgan fingerprint density at radius 1 is 1.10 bits per heavy atom. The zero-order chi connectivity index (χ0) is 22.1. The summed E-state index contributed by atoms with van der Waals surface area (Å²) in [5.74, 6) is 1.11. The maximum absolute atomic E-state index is 13.4. The van der Waals surface area contributed by atoms with E-state index < -0.39 is 5.92 Å². The molecule has 2 N–H and O–H groups in total. The summed E-state index contributed by atoms with van der Waals surface area (Å²) in [5, 5.41) is 9.87. The molecule has 0 unspecified atom stereocenters. The van der Waals surface area contributed by atoms with Crippen molar-refractivity contribution in [3.63, 3.8) is 0 Å². The molecule has 2 aliphatic rings. The van der Waals surface area contributed by atoms with Crippen molar-refractivity contribution in [1.29, 1.82) is 5.26 Å². The Labute approximate surface area is 181 Å². The van der Waals surface area contributed by atoms with Crippen molar-refractivity contribution in [3.8, 4) is 17.6 Å². The molecule has 0 saturated carbocycles. The predicted molar refractivity (Wildman–Crippen MR) is 115 cm³/mol. The van der Waals surface area contributed by atoms with Crippen LogP contribution in [0.2, 0.25) is 0 Å². The number of ketones is 1. The minimum absolute atomic E-state index is 0.00374. The Morgan fingerprint density at radius 2 is 1.84 bits per heavy atom. The normalized spacial score (nSPS) is 20.6. The fourth-order valence-electron chi connectivity index (χ4n) is 4.59. The monoisotopic (exact) mass is 416 g/mol. The molecule has 0 fully saturated rings. The number of hydrogen-bond acceptors (Lipinski definition) is 6. The standard InChI is InChI=1S/C25H24N2O4/c1-14-20(29-2)10-9-17(24(14)30-3)22-18(13-26)25(27)31-21-12-16(11-19(28)23(21)22)15-7-5-4-6-8-15/h4-10,16,22H,11-12,27H2,1-3H3/t16-,22+/m0/s1. The first-order valence-electron chi connectivity index (χ1n) is 10.1. The molecule has 1 aliphatic heterocycles. The Kier molecular flexibility index (Phi) is 5.43. The van der Waals surface area contributed by atoms with Crippen LogP contribution in [-0.2, 0) is 9.53 Å². The number of benzene rings is 2. The number of hydrogen-bond donors (Lipinski definition) is 1. The summed E-state index contributed by atoms with van der Waals surface area (Å²) < 4.78 is 16.9. The van der Waals surface area contributed by atoms with Gasteiger partial charge in [0.25, 0.3) is 0 Å². The number of allylic oxidation sites excluding steroid dienone is 3. The second-order valence-corrected chi connectivity index (χ2v) is 7.72. The van der Waals surface area contributed by atoms with Crippen LogP contribution in [0.1, 0.15) is 41.4 Å². The second-order valence-electron chi connectivity index (χ2n) is 7.72. The Hall–Kier alpha value is -3.72. The van der Waals surface area contributed by atoms with E-state index in [1.807, 2.05) is 49.4 Å². The van der Waals surface area contributed by atoms with Gasteiger partial charge in [0.15, 0.2) is 5.78 Å². The molecule has 4 rings (SSSR count). The van der Waals surface area contributed by atoms with E-state index >= 15 is 0 Å². The average Bonchev–Trinajstić information content (AvgIpc) is 2.78. The Balaban J connectivity index is 1.86. The number of ether oxygens (including phenoxy) is 3. The molecule has 6 heteroatoms. The SMILES string of the molecule is COc1ccc([C@@H]2C(C#N)=C(N)OC3=C2C(=O)C[C@H](c2ccccc2)C3)c(OC)c1C. The van der Waals surface area contributed by atoms with E-state index in [0.29, 0.717) is 41.2 Å². The van der Waals surface area contributed by atoms with Crippen molar-refractivity contribution < 1.29 is 19.0 Å². The highest BCUT2D eigenvalue weighted by Gasteiger charge is 2.42. The second kappa shape index (κ2) is 8.19. The zero-order valence-corrected chi connectivity index (χ0v) is 17.8. The molecule has 31 heavy (non-hydrogen) atoms. The summed E-state index contributed by atoms with van der Waals surface area (Å²) in [5.41, 5.74) is 9.43. The van der Waals surface area contributed by atoms with Gasteiger partial charge >= 0.3 is 0 Å². The van der Waals surface area contributed by atoms with Crippen LogP contribution in [0.25, 0.3) is 0 Å². The first-order valence-corrected chi connectivity index (χ1v) is 10.1. The average molecular weight is 416 g/mol. The van der Waals surface area contributed by atoms with Gasteiger partial charge in [0.05, 0.1) is 20.1 Å². The lowest BCUT2D eigenvalue weighted by molar-refractivity contribution is -0.117. The van der Waals surface area contributed by atoms with Crippen LogP contribution in [0.5, 0.6) is 11.5 Å². The van der Waals surface area contributed by atoms with E-state index in [-0.39, 0.29) is 23.2 Å². The van der Waals surface area contributed by atoms with Crippen molar-refractivity contribution >= 4 is 5.78 Å². The van der Waals surface area contributed by atoms with Gasteiger partial charge in [-0.3, -0.25) is 4.79 Å². The summed E-state index contributed by atoms with van der Waals surface area (Å²) in [6.45, 7) is 1.88. The van der Waals surface area contributed by atoms with Gasteiger partial charge in [-0.25, -0.2) is 0 Å². The van der Waals surface area contributed by atoms with E-state index in [4.69, 9.17) is 19.9 Å². The summed E-state index contributed by atoms with van der Waals surface area (Å²) >= 11 is 0. The van der Waals surface area contributed by atoms with E-state index in [0.717, 1.165) is 11.1 Å². The van der Waals surface area contributed by atoms with Crippen LogP contribution < -0.4 is 15.2 Å². The first kappa shape index (κ1) is 20.5. The number of nitriles is 1. The molecule has 6 nitrogen and oxygen atoms in total.